The molecule has 2 aromatic carbocycles. The van der Waals surface area contributed by atoms with Crippen molar-refractivity contribution in [2.24, 2.45) is 5.92 Å². The number of unbranched alkanes of at least 4 members (excludes halogenated alkanes) is 5. The number of hydrogen-bond acceptors (Lipinski definition) is 3. The molecule has 2 aromatic rings. The number of carbonyl (C=O) groups is 1. The summed E-state index contributed by atoms with van der Waals surface area (Å²) in [6.07, 6.45) is 10.4. The van der Waals surface area contributed by atoms with Crippen LogP contribution in [0.25, 0.3) is 0 Å². The van der Waals surface area contributed by atoms with Gasteiger partial charge < -0.3 is 14.0 Å². The van der Waals surface area contributed by atoms with Crippen molar-refractivity contribution >= 4 is 5.97 Å². The first-order chi connectivity index (χ1) is 17.3. The monoisotopic (exact) mass is 496 g/mol. The van der Waals surface area contributed by atoms with Crippen molar-refractivity contribution in [3.05, 3.63) is 65.7 Å². The van der Waals surface area contributed by atoms with Gasteiger partial charge in [0.05, 0.1) is 26.6 Å². The van der Waals surface area contributed by atoms with Gasteiger partial charge in [0.2, 0.25) is 0 Å². The molecule has 0 saturated heterocycles. The Morgan fingerprint density at radius 1 is 0.889 bits per heavy atom. The van der Waals surface area contributed by atoms with Gasteiger partial charge in [-0.2, -0.15) is 0 Å². The van der Waals surface area contributed by atoms with Crippen LogP contribution in [-0.4, -0.2) is 43.8 Å². The van der Waals surface area contributed by atoms with Crippen LogP contribution in [0.3, 0.4) is 0 Å². The van der Waals surface area contributed by atoms with Crippen LogP contribution >= 0.6 is 0 Å². The molecule has 0 aliphatic heterocycles. The third-order valence-corrected chi connectivity index (χ3v) is 6.91. The molecule has 36 heavy (non-hydrogen) atoms. The minimum Gasteiger partial charge on any atom is -0.487 e. The minimum absolute atomic E-state index is 0.128. The highest BCUT2D eigenvalue weighted by molar-refractivity contribution is 5.71. The lowest BCUT2D eigenvalue weighted by molar-refractivity contribution is -0.904. The molecular formula is C32H50NO3+. The van der Waals surface area contributed by atoms with E-state index < -0.39 is 0 Å². The second kappa shape index (κ2) is 16.4. The van der Waals surface area contributed by atoms with E-state index in [1.165, 1.54) is 49.7 Å². The molecule has 200 valence electrons. The van der Waals surface area contributed by atoms with E-state index >= 15 is 0 Å². The van der Waals surface area contributed by atoms with Crippen molar-refractivity contribution in [2.75, 3.05) is 27.2 Å². The molecule has 0 spiro atoms. The van der Waals surface area contributed by atoms with Gasteiger partial charge >= 0.3 is 5.97 Å². The van der Waals surface area contributed by atoms with E-state index in [2.05, 4.69) is 70.4 Å². The molecule has 0 N–H and O–H groups in total. The maximum absolute atomic E-state index is 12.7. The van der Waals surface area contributed by atoms with Crippen LogP contribution in [0, 0.1) is 5.92 Å². The summed E-state index contributed by atoms with van der Waals surface area (Å²) in [6, 6.07) is 18.9. The van der Waals surface area contributed by atoms with Crippen molar-refractivity contribution in [2.45, 2.75) is 91.2 Å². The summed E-state index contributed by atoms with van der Waals surface area (Å²) in [6.45, 7) is 8.47. The highest BCUT2D eigenvalue weighted by Gasteiger charge is 2.22. The van der Waals surface area contributed by atoms with E-state index in [1.807, 2.05) is 19.1 Å². The Morgan fingerprint density at radius 2 is 1.58 bits per heavy atom. The van der Waals surface area contributed by atoms with Crippen molar-refractivity contribution in [1.29, 1.82) is 0 Å². The second-order valence-electron chi connectivity index (χ2n) is 10.9. The molecule has 4 heteroatoms. The fourth-order valence-electron chi connectivity index (χ4n) is 4.45. The molecule has 0 radical (unpaired) electrons. The smallest absolute Gasteiger partial charge is 0.309 e. The number of benzene rings is 2. The number of nitrogens with zero attached hydrogens (tertiary/aromatic N) is 1. The summed E-state index contributed by atoms with van der Waals surface area (Å²) in [5.41, 5.74) is 2.64. The fourth-order valence-corrected chi connectivity index (χ4v) is 4.45. The SMILES string of the molecule is CCCCCCCCc1cccc(OC(CC)COC(=O)C(C)CC[N+](C)(C)Cc2ccccc2)c1. The van der Waals surface area contributed by atoms with Gasteiger partial charge in [0, 0.05) is 12.0 Å². The molecular weight excluding hydrogens is 446 g/mol. The molecule has 0 heterocycles. The Bertz CT molecular complexity index is 865. The van der Waals surface area contributed by atoms with Gasteiger partial charge in [0.25, 0.3) is 0 Å². The molecule has 4 nitrogen and oxygen atoms in total. The minimum atomic E-state index is -0.131. The van der Waals surface area contributed by atoms with E-state index in [0.717, 1.165) is 42.6 Å². The van der Waals surface area contributed by atoms with Crippen molar-refractivity contribution < 1.29 is 18.8 Å². The zero-order valence-electron chi connectivity index (χ0n) is 23.5. The summed E-state index contributed by atoms with van der Waals surface area (Å²) in [5.74, 6) is 0.610. The molecule has 2 rings (SSSR count). The maximum atomic E-state index is 12.7. The van der Waals surface area contributed by atoms with Crippen molar-refractivity contribution in [3.63, 3.8) is 0 Å². The zero-order chi connectivity index (χ0) is 26.2. The Balaban J connectivity index is 1.73. The highest BCUT2D eigenvalue weighted by atomic mass is 16.6. The summed E-state index contributed by atoms with van der Waals surface area (Å²) >= 11 is 0. The Morgan fingerprint density at radius 3 is 2.31 bits per heavy atom. The normalized spacial score (nSPS) is 13.2. The largest absolute Gasteiger partial charge is 0.487 e. The van der Waals surface area contributed by atoms with Crippen LogP contribution in [0.2, 0.25) is 0 Å². The molecule has 2 unspecified atom stereocenters. The first kappa shape index (κ1) is 29.9. The molecule has 0 bridgehead atoms. The van der Waals surface area contributed by atoms with Crippen molar-refractivity contribution in [3.8, 4) is 5.75 Å². The van der Waals surface area contributed by atoms with Gasteiger partial charge in [-0.25, -0.2) is 0 Å². The lowest BCUT2D eigenvalue weighted by atomic mass is 10.0. The molecule has 0 fully saturated rings. The predicted octanol–water partition coefficient (Wildman–Crippen LogP) is 7.59. The maximum Gasteiger partial charge on any atom is 0.309 e. The van der Waals surface area contributed by atoms with Gasteiger partial charge in [-0.1, -0.05) is 95.3 Å². The van der Waals surface area contributed by atoms with E-state index in [4.69, 9.17) is 9.47 Å². The van der Waals surface area contributed by atoms with Gasteiger partial charge in [-0.15, -0.1) is 0 Å². The molecule has 2 atom stereocenters. The number of ether oxygens (including phenoxy) is 2. The topological polar surface area (TPSA) is 35.5 Å². The van der Waals surface area contributed by atoms with E-state index in [9.17, 15) is 4.79 Å². The summed E-state index contributed by atoms with van der Waals surface area (Å²) in [4.78, 5) is 12.7. The third-order valence-electron chi connectivity index (χ3n) is 6.91. The van der Waals surface area contributed by atoms with Gasteiger partial charge in [-0.05, 0) is 37.0 Å². The van der Waals surface area contributed by atoms with Gasteiger partial charge in [-0.3, -0.25) is 4.79 Å². The summed E-state index contributed by atoms with van der Waals surface area (Å²) in [7, 11) is 4.43. The van der Waals surface area contributed by atoms with Crippen LogP contribution in [-0.2, 0) is 22.5 Å². The first-order valence-corrected chi connectivity index (χ1v) is 14.1. The van der Waals surface area contributed by atoms with Crippen molar-refractivity contribution in [1.82, 2.24) is 0 Å². The third kappa shape index (κ3) is 12.1. The number of hydrogen-bond donors (Lipinski definition) is 0. The van der Waals surface area contributed by atoms with E-state index in [1.54, 1.807) is 0 Å². The molecule has 0 saturated carbocycles. The van der Waals surface area contributed by atoms with Crippen LogP contribution in [0.15, 0.2) is 54.6 Å². The number of quaternary nitrogens is 1. The second-order valence-corrected chi connectivity index (χ2v) is 10.9. The quantitative estimate of drug-likeness (QED) is 0.121. The first-order valence-electron chi connectivity index (χ1n) is 14.1. The standard InChI is InChI=1S/C32H50NO3/c1-6-8-9-10-11-13-17-28-20-16-21-31(24-28)36-30(7-2)26-35-32(34)27(3)22-23-33(4,5)25-29-18-14-12-15-19-29/h12,14-16,18-21,24,27,30H,6-11,13,17,22-23,25-26H2,1-5H3/q+1. The number of esters is 1. The Hall–Kier alpha value is -2.33. The number of rotatable bonds is 18. The van der Waals surface area contributed by atoms with Gasteiger partial charge in [0.15, 0.2) is 0 Å². The van der Waals surface area contributed by atoms with Crippen LogP contribution < -0.4 is 4.74 Å². The summed E-state index contributed by atoms with van der Waals surface area (Å²) < 4.78 is 12.7. The molecule has 0 aliphatic carbocycles. The Kier molecular flexibility index (Phi) is 13.6. The van der Waals surface area contributed by atoms with Crippen LogP contribution in [0.4, 0.5) is 0 Å². The van der Waals surface area contributed by atoms with Gasteiger partial charge in [0.1, 0.15) is 25.0 Å². The molecule has 0 aromatic heterocycles. The van der Waals surface area contributed by atoms with E-state index in [-0.39, 0.29) is 18.0 Å². The summed E-state index contributed by atoms with van der Waals surface area (Å²) in [5, 5.41) is 0. The fraction of sp³-hybridized carbons (Fsp3) is 0.594. The number of aryl methyl sites for hydroxylation is 1. The van der Waals surface area contributed by atoms with Crippen LogP contribution in [0.1, 0.15) is 83.3 Å². The average molecular weight is 497 g/mol. The van der Waals surface area contributed by atoms with Crippen LogP contribution in [0.5, 0.6) is 5.75 Å². The zero-order valence-corrected chi connectivity index (χ0v) is 23.5. The number of carbonyl (C=O) groups excluding carboxylic acids is 1. The Labute approximate surface area is 220 Å². The lowest BCUT2D eigenvalue weighted by Gasteiger charge is -2.30. The highest BCUT2D eigenvalue weighted by Crippen LogP contribution is 2.19. The average Bonchev–Trinajstić information content (AvgIpc) is 2.87. The van der Waals surface area contributed by atoms with E-state index in [0.29, 0.717) is 6.61 Å². The molecule has 0 aliphatic rings. The molecule has 0 amide bonds. The lowest BCUT2D eigenvalue weighted by Crippen LogP contribution is -2.40. The predicted molar refractivity (Wildman–Crippen MR) is 150 cm³/mol.